The molecule has 126 valence electrons. The van der Waals surface area contributed by atoms with Crippen molar-refractivity contribution < 1.29 is 24.5 Å². The molecule has 0 aromatic heterocycles. The highest BCUT2D eigenvalue weighted by atomic mass is 16.6. The molecule has 0 saturated carbocycles. The highest BCUT2D eigenvalue weighted by molar-refractivity contribution is 6.03. The van der Waals surface area contributed by atoms with Gasteiger partial charge in [-0.2, -0.15) is 0 Å². The topological polar surface area (TPSA) is 110 Å². The van der Waals surface area contributed by atoms with E-state index in [-0.39, 0.29) is 13.0 Å². The number of rotatable bonds is 7. The molecule has 0 heterocycles. The third-order valence-electron chi connectivity index (χ3n) is 3.69. The zero-order chi connectivity index (χ0) is 17.6. The Morgan fingerprint density at radius 3 is 2.00 bits per heavy atom. The molecule has 0 spiro atoms. The van der Waals surface area contributed by atoms with Crippen molar-refractivity contribution in [2.45, 2.75) is 24.7 Å². The molecule has 0 amide bonds. The summed E-state index contributed by atoms with van der Waals surface area (Å²) in [6.07, 6.45) is 0.0179. The molecule has 0 bridgehead atoms. The van der Waals surface area contributed by atoms with Gasteiger partial charge < -0.3 is 20.7 Å². The molecule has 0 unspecified atom stereocenters. The zero-order valence-electron chi connectivity index (χ0n) is 13.0. The molecule has 0 aliphatic rings. The Morgan fingerprint density at radius 2 is 1.50 bits per heavy atom. The smallest absolute Gasteiger partial charge is 0.352 e. The molecule has 2 aromatic rings. The standard InChI is InChI=1S/C18H19NO5/c19-15(11-13-7-3-1-4-8-13)18(23,16(20)21)17(22)24-12-14-9-5-2-6-10-14/h1-10,15,23H,11-12,19H2,(H,20,21)/t15-,18-/m1/s1. The van der Waals surface area contributed by atoms with E-state index in [4.69, 9.17) is 10.5 Å². The minimum Gasteiger partial charge on any atom is -0.479 e. The maximum Gasteiger partial charge on any atom is 0.352 e. The van der Waals surface area contributed by atoms with Crippen LogP contribution in [0.4, 0.5) is 0 Å². The quantitative estimate of drug-likeness (QED) is 0.518. The van der Waals surface area contributed by atoms with Crippen LogP contribution in [0.25, 0.3) is 0 Å². The summed E-state index contributed by atoms with van der Waals surface area (Å²) in [5.74, 6) is -3.01. The number of hydrogen-bond donors (Lipinski definition) is 3. The normalized spacial score (nSPS) is 14.4. The monoisotopic (exact) mass is 329 g/mol. The first-order chi connectivity index (χ1) is 11.4. The summed E-state index contributed by atoms with van der Waals surface area (Å²) in [6.45, 7) is -0.146. The van der Waals surface area contributed by atoms with Gasteiger partial charge >= 0.3 is 11.9 Å². The van der Waals surface area contributed by atoms with Gasteiger partial charge in [-0.1, -0.05) is 60.7 Å². The first-order valence-electron chi connectivity index (χ1n) is 7.41. The van der Waals surface area contributed by atoms with Gasteiger partial charge in [0.2, 0.25) is 0 Å². The van der Waals surface area contributed by atoms with E-state index in [9.17, 15) is 19.8 Å². The Kier molecular flexibility index (Phi) is 5.68. The van der Waals surface area contributed by atoms with Crippen LogP contribution in [-0.4, -0.2) is 33.8 Å². The van der Waals surface area contributed by atoms with Crippen LogP contribution in [0, 0.1) is 0 Å². The first-order valence-corrected chi connectivity index (χ1v) is 7.41. The van der Waals surface area contributed by atoms with Crippen LogP contribution in [0.3, 0.4) is 0 Å². The van der Waals surface area contributed by atoms with E-state index in [0.29, 0.717) is 11.1 Å². The van der Waals surface area contributed by atoms with Gasteiger partial charge in [0.05, 0.1) is 6.04 Å². The molecule has 6 heteroatoms. The molecule has 2 rings (SSSR count). The predicted molar refractivity (Wildman–Crippen MR) is 86.9 cm³/mol. The average Bonchev–Trinajstić information content (AvgIpc) is 2.60. The number of carbonyl (C=O) groups is 2. The van der Waals surface area contributed by atoms with Gasteiger partial charge in [0.1, 0.15) is 6.61 Å². The number of esters is 1. The molecule has 0 radical (unpaired) electrons. The summed E-state index contributed by atoms with van der Waals surface area (Å²) >= 11 is 0. The van der Waals surface area contributed by atoms with Crippen molar-refractivity contribution >= 4 is 11.9 Å². The van der Waals surface area contributed by atoms with Crippen LogP contribution in [0.15, 0.2) is 60.7 Å². The molecule has 24 heavy (non-hydrogen) atoms. The Morgan fingerprint density at radius 1 is 1.00 bits per heavy atom. The van der Waals surface area contributed by atoms with Crippen LogP contribution in [0.2, 0.25) is 0 Å². The second-order valence-corrected chi connectivity index (χ2v) is 5.43. The summed E-state index contributed by atoms with van der Waals surface area (Å²) in [6, 6.07) is 16.2. The largest absolute Gasteiger partial charge is 0.479 e. The molecular formula is C18H19NO5. The van der Waals surface area contributed by atoms with E-state index >= 15 is 0 Å². The van der Waals surface area contributed by atoms with Gasteiger partial charge in [-0.25, -0.2) is 9.59 Å². The summed E-state index contributed by atoms with van der Waals surface area (Å²) in [7, 11) is 0. The molecule has 0 saturated heterocycles. The maximum absolute atomic E-state index is 12.2. The number of aliphatic hydroxyl groups is 1. The van der Waals surface area contributed by atoms with Crippen molar-refractivity contribution in [2.24, 2.45) is 5.73 Å². The van der Waals surface area contributed by atoms with Crippen molar-refractivity contribution in [3.8, 4) is 0 Å². The van der Waals surface area contributed by atoms with E-state index in [2.05, 4.69) is 0 Å². The van der Waals surface area contributed by atoms with E-state index in [0.717, 1.165) is 0 Å². The lowest BCUT2D eigenvalue weighted by atomic mass is 9.89. The lowest BCUT2D eigenvalue weighted by Crippen LogP contribution is -2.61. The fourth-order valence-electron chi connectivity index (χ4n) is 2.25. The Balaban J connectivity index is 2.10. The van der Waals surface area contributed by atoms with Gasteiger partial charge in [0.25, 0.3) is 5.60 Å². The van der Waals surface area contributed by atoms with E-state index < -0.39 is 23.6 Å². The average molecular weight is 329 g/mol. The third-order valence-corrected chi connectivity index (χ3v) is 3.69. The van der Waals surface area contributed by atoms with Gasteiger partial charge in [0, 0.05) is 0 Å². The number of benzene rings is 2. The van der Waals surface area contributed by atoms with Gasteiger partial charge in [-0.15, -0.1) is 0 Å². The highest BCUT2D eigenvalue weighted by Gasteiger charge is 2.51. The number of nitrogens with two attached hydrogens (primary N) is 1. The van der Waals surface area contributed by atoms with Gasteiger partial charge in [-0.3, -0.25) is 0 Å². The van der Waals surface area contributed by atoms with E-state index in [1.165, 1.54) is 0 Å². The number of carboxylic acids is 1. The van der Waals surface area contributed by atoms with Crippen LogP contribution in [0.5, 0.6) is 0 Å². The lowest BCUT2D eigenvalue weighted by Gasteiger charge is -2.27. The molecular weight excluding hydrogens is 310 g/mol. The third kappa shape index (κ3) is 3.98. The number of ether oxygens (including phenoxy) is 1. The van der Waals surface area contributed by atoms with Gasteiger partial charge in [0.15, 0.2) is 0 Å². The van der Waals surface area contributed by atoms with Crippen molar-refractivity contribution in [1.29, 1.82) is 0 Å². The zero-order valence-corrected chi connectivity index (χ0v) is 13.0. The maximum atomic E-state index is 12.2. The van der Waals surface area contributed by atoms with Crippen molar-refractivity contribution in [3.63, 3.8) is 0 Å². The van der Waals surface area contributed by atoms with Crippen LogP contribution in [0.1, 0.15) is 11.1 Å². The summed E-state index contributed by atoms with van der Waals surface area (Å²) in [4.78, 5) is 23.7. The minimum absolute atomic E-state index is 0.0179. The molecule has 0 fully saturated rings. The SMILES string of the molecule is N[C@H](Cc1ccccc1)[C@@](O)(C(=O)O)C(=O)OCc1ccccc1. The first kappa shape index (κ1) is 17.7. The number of carbonyl (C=O) groups excluding carboxylic acids is 1. The number of carboxylic acid groups (broad SMARTS) is 1. The minimum atomic E-state index is -2.81. The van der Waals surface area contributed by atoms with Crippen LogP contribution < -0.4 is 5.73 Å². The fourth-order valence-corrected chi connectivity index (χ4v) is 2.25. The second-order valence-electron chi connectivity index (χ2n) is 5.43. The molecule has 6 nitrogen and oxygen atoms in total. The fraction of sp³-hybridized carbons (Fsp3) is 0.222. The Bertz CT molecular complexity index is 689. The summed E-state index contributed by atoms with van der Waals surface area (Å²) in [5.41, 5.74) is 4.39. The lowest BCUT2D eigenvalue weighted by molar-refractivity contribution is -0.183. The molecule has 2 aromatic carbocycles. The molecule has 4 N–H and O–H groups in total. The van der Waals surface area contributed by atoms with Crippen molar-refractivity contribution in [3.05, 3.63) is 71.8 Å². The van der Waals surface area contributed by atoms with E-state index in [1.54, 1.807) is 60.7 Å². The molecule has 0 aliphatic carbocycles. The molecule has 0 aliphatic heterocycles. The Hall–Kier alpha value is -2.70. The summed E-state index contributed by atoms with van der Waals surface area (Å²) < 4.78 is 4.96. The predicted octanol–water partition coefficient (Wildman–Crippen LogP) is 1.12. The van der Waals surface area contributed by atoms with Gasteiger partial charge in [-0.05, 0) is 17.5 Å². The van der Waals surface area contributed by atoms with Crippen molar-refractivity contribution in [1.82, 2.24) is 0 Å². The number of aliphatic carboxylic acids is 1. The van der Waals surface area contributed by atoms with Crippen molar-refractivity contribution in [2.75, 3.05) is 0 Å². The second kappa shape index (κ2) is 7.72. The highest BCUT2D eigenvalue weighted by Crippen LogP contribution is 2.18. The van der Waals surface area contributed by atoms with Crippen LogP contribution >= 0.6 is 0 Å². The van der Waals surface area contributed by atoms with Crippen LogP contribution in [-0.2, 0) is 27.4 Å². The molecule has 2 atom stereocenters. The Labute approximate surface area is 139 Å². The van der Waals surface area contributed by atoms with E-state index in [1.807, 2.05) is 0 Å². The summed E-state index contributed by atoms with van der Waals surface area (Å²) in [5, 5.41) is 19.7. The number of hydrogen-bond acceptors (Lipinski definition) is 5.